The van der Waals surface area contributed by atoms with Gasteiger partial charge in [-0.3, -0.25) is 9.59 Å². The third kappa shape index (κ3) is 11.8. The number of esters is 2. The molecule has 0 spiro atoms. The van der Waals surface area contributed by atoms with E-state index in [2.05, 4.69) is 31.0 Å². The number of piperidine rings is 1. The van der Waals surface area contributed by atoms with E-state index in [4.69, 9.17) is 9.47 Å². The van der Waals surface area contributed by atoms with Crippen molar-refractivity contribution in [3.05, 3.63) is 48.0 Å². The summed E-state index contributed by atoms with van der Waals surface area (Å²) in [6.45, 7) is 2.31. The standard InChI is InChI=1S/C35H55NO4/c1-3-4-5-6-7-8-9-10-11-12-13-14-15-16-20-23-34(37)39-28-33(29-21-18-17-19-22-29)35(38)40-32-26-30-24-25-31(27-32)36(30)2/h8-9,17-19,21-22,30-33H,3-7,10-16,20,23-28H2,1-2H3/t30-,31+,32+,33?. The van der Waals surface area contributed by atoms with Crippen molar-refractivity contribution in [2.45, 2.75) is 147 Å². The molecule has 4 atom stereocenters. The molecule has 224 valence electrons. The van der Waals surface area contributed by atoms with Crippen LogP contribution in [0.1, 0.15) is 134 Å². The molecular formula is C35H55NO4. The van der Waals surface area contributed by atoms with Crippen LogP contribution >= 0.6 is 0 Å². The van der Waals surface area contributed by atoms with E-state index in [1.807, 2.05) is 30.3 Å². The zero-order chi connectivity index (χ0) is 28.4. The lowest BCUT2D eigenvalue weighted by atomic mass is 9.98. The van der Waals surface area contributed by atoms with Crippen molar-refractivity contribution in [1.82, 2.24) is 4.90 Å². The summed E-state index contributed by atoms with van der Waals surface area (Å²) in [7, 11) is 2.18. The number of allylic oxidation sites excluding steroid dienone is 2. The largest absolute Gasteiger partial charge is 0.464 e. The normalized spacial score (nSPS) is 21.5. The number of carbonyl (C=O) groups is 2. The van der Waals surface area contributed by atoms with Crippen LogP contribution in [0.2, 0.25) is 0 Å². The Hall–Kier alpha value is -2.14. The monoisotopic (exact) mass is 553 g/mol. The van der Waals surface area contributed by atoms with Gasteiger partial charge in [-0.2, -0.15) is 0 Å². The van der Waals surface area contributed by atoms with Crippen LogP contribution in [0.15, 0.2) is 42.5 Å². The number of rotatable bonds is 20. The van der Waals surface area contributed by atoms with Gasteiger partial charge in [0, 0.05) is 18.5 Å². The Labute approximate surface area is 244 Å². The van der Waals surface area contributed by atoms with Crippen LogP contribution in [0, 0.1) is 0 Å². The van der Waals surface area contributed by atoms with Gasteiger partial charge in [0.05, 0.1) is 0 Å². The van der Waals surface area contributed by atoms with E-state index in [0.29, 0.717) is 18.5 Å². The van der Waals surface area contributed by atoms with Crippen molar-refractivity contribution >= 4 is 11.9 Å². The SMILES string of the molecule is CCCCCCC=CCCCCCCCCCC(=O)OCC(C(=O)O[C@H]1C[C@H]2CC[C@@H](C1)N2C)c1ccccc1. The van der Waals surface area contributed by atoms with Gasteiger partial charge in [0.15, 0.2) is 0 Å². The lowest BCUT2D eigenvalue weighted by molar-refractivity contribution is -0.158. The summed E-state index contributed by atoms with van der Waals surface area (Å²) in [6.07, 6.45) is 25.2. The molecule has 2 aliphatic rings. The summed E-state index contributed by atoms with van der Waals surface area (Å²) in [5.41, 5.74) is 0.846. The number of unbranched alkanes of at least 4 members (excludes halogenated alkanes) is 11. The minimum Gasteiger partial charge on any atom is -0.464 e. The average molecular weight is 554 g/mol. The Morgan fingerprint density at radius 2 is 1.43 bits per heavy atom. The molecule has 0 amide bonds. The van der Waals surface area contributed by atoms with Crippen molar-refractivity contribution in [3.63, 3.8) is 0 Å². The van der Waals surface area contributed by atoms with Crippen LogP contribution in [-0.2, 0) is 19.1 Å². The Morgan fingerprint density at radius 3 is 2.05 bits per heavy atom. The molecule has 40 heavy (non-hydrogen) atoms. The molecule has 0 N–H and O–H groups in total. The summed E-state index contributed by atoms with van der Waals surface area (Å²) < 4.78 is 11.6. The predicted octanol–water partition coefficient (Wildman–Crippen LogP) is 8.52. The molecule has 0 radical (unpaired) electrons. The maximum absolute atomic E-state index is 13.2. The smallest absolute Gasteiger partial charge is 0.317 e. The first-order valence-corrected chi connectivity index (χ1v) is 16.4. The second-order valence-electron chi connectivity index (χ2n) is 12.1. The summed E-state index contributed by atoms with van der Waals surface area (Å²) in [5, 5.41) is 0. The Kier molecular flexibility index (Phi) is 15.4. The molecule has 0 aromatic heterocycles. The molecule has 1 aromatic rings. The van der Waals surface area contributed by atoms with Crippen molar-refractivity contribution in [3.8, 4) is 0 Å². The van der Waals surface area contributed by atoms with Crippen LogP contribution in [0.3, 0.4) is 0 Å². The van der Waals surface area contributed by atoms with E-state index in [-0.39, 0.29) is 24.6 Å². The molecule has 2 aliphatic heterocycles. The third-order valence-electron chi connectivity index (χ3n) is 8.88. The first-order valence-electron chi connectivity index (χ1n) is 16.4. The van der Waals surface area contributed by atoms with Gasteiger partial charge in [-0.15, -0.1) is 0 Å². The van der Waals surface area contributed by atoms with E-state index in [1.54, 1.807) is 0 Å². The molecule has 1 unspecified atom stereocenters. The molecular weight excluding hydrogens is 498 g/mol. The molecule has 5 nitrogen and oxygen atoms in total. The number of ether oxygens (including phenoxy) is 2. The zero-order valence-electron chi connectivity index (χ0n) is 25.4. The lowest BCUT2D eigenvalue weighted by Crippen LogP contribution is -2.44. The highest BCUT2D eigenvalue weighted by atomic mass is 16.6. The highest BCUT2D eigenvalue weighted by molar-refractivity contribution is 5.79. The minimum absolute atomic E-state index is 0.0418. The molecule has 0 saturated carbocycles. The van der Waals surface area contributed by atoms with Gasteiger partial charge in [-0.1, -0.05) is 101 Å². The van der Waals surface area contributed by atoms with Gasteiger partial charge in [0.1, 0.15) is 18.6 Å². The molecule has 5 heteroatoms. The summed E-state index contributed by atoms with van der Waals surface area (Å²) in [4.78, 5) is 28.1. The van der Waals surface area contributed by atoms with Crippen LogP contribution in [-0.4, -0.2) is 48.7 Å². The van der Waals surface area contributed by atoms with E-state index < -0.39 is 5.92 Å². The van der Waals surface area contributed by atoms with Crippen LogP contribution in [0.25, 0.3) is 0 Å². The van der Waals surface area contributed by atoms with Gasteiger partial charge >= 0.3 is 11.9 Å². The zero-order valence-corrected chi connectivity index (χ0v) is 25.4. The number of fused-ring (bicyclic) bond motifs is 2. The summed E-state index contributed by atoms with van der Waals surface area (Å²) in [5.74, 6) is -1.05. The lowest BCUT2D eigenvalue weighted by Gasteiger charge is -2.36. The van der Waals surface area contributed by atoms with E-state index in [0.717, 1.165) is 37.7 Å². The molecule has 2 fully saturated rings. The summed E-state index contributed by atoms with van der Waals surface area (Å²) in [6, 6.07) is 10.6. The third-order valence-corrected chi connectivity index (χ3v) is 8.88. The fourth-order valence-corrected chi connectivity index (χ4v) is 6.28. The Morgan fingerprint density at radius 1 is 0.850 bits per heavy atom. The van der Waals surface area contributed by atoms with Crippen LogP contribution in [0.4, 0.5) is 0 Å². The average Bonchev–Trinajstić information content (AvgIpc) is 3.15. The first kappa shape index (κ1) is 32.4. The highest BCUT2D eigenvalue weighted by Gasteiger charge is 2.40. The van der Waals surface area contributed by atoms with E-state index in [1.165, 1.54) is 77.0 Å². The van der Waals surface area contributed by atoms with E-state index in [9.17, 15) is 9.59 Å². The van der Waals surface area contributed by atoms with Gasteiger partial charge in [-0.25, -0.2) is 0 Å². The molecule has 1 aromatic carbocycles. The van der Waals surface area contributed by atoms with Crippen molar-refractivity contribution in [2.24, 2.45) is 0 Å². The predicted molar refractivity (Wildman–Crippen MR) is 163 cm³/mol. The van der Waals surface area contributed by atoms with Gasteiger partial charge in [0.2, 0.25) is 0 Å². The maximum Gasteiger partial charge on any atom is 0.317 e. The molecule has 0 aliphatic carbocycles. The van der Waals surface area contributed by atoms with Gasteiger partial charge in [-0.05, 0) is 70.4 Å². The van der Waals surface area contributed by atoms with Crippen molar-refractivity contribution in [2.75, 3.05) is 13.7 Å². The molecule has 2 saturated heterocycles. The number of carbonyl (C=O) groups excluding carboxylic acids is 2. The number of hydrogen-bond donors (Lipinski definition) is 0. The molecule has 2 heterocycles. The van der Waals surface area contributed by atoms with Gasteiger partial charge in [0.25, 0.3) is 0 Å². The minimum atomic E-state index is -0.571. The Bertz CT molecular complexity index is 855. The Balaban J connectivity index is 1.26. The van der Waals surface area contributed by atoms with Crippen LogP contribution < -0.4 is 0 Å². The highest BCUT2D eigenvalue weighted by Crippen LogP contribution is 2.36. The maximum atomic E-state index is 13.2. The number of nitrogens with zero attached hydrogens (tertiary/aromatic N) is 1. The fraction of sp³-hybridized carbons (Fsp3) is 0.714. The quantitative estimate of drug-likeness (QED) is 0.0920. The topological polar surface area (TPSA) is 55.8 Å². The second-order valence-corrected chi connectivity index (χ2v) is 12.1. The summed E-state index contributed by atoms with van der Waals surface area (Å²) >= 11 is 0. The number of hydrogen-bond acceptors (Lipinski definition) is 5. The van der Waals surface area contributed by atoms with Crippen LogP contribution in [0.5, 0.6) is 0 Å². The molecule has 3 rings (SSSR count). The number of benzene rings is 1. The van der Waals surface area contributed by atoms with Crippen molar-refractivity contribution in [1.29, 1.82) is 0 Å². The second kappa shape index (κ2) is 19.1. The molecule has 2 bridgehead atoms. The first-order chi connectivity index (χ1) is 19.6. The fourth-order valence-electron chi connectivity index (χ4n) is 6.28. The van der Waals surface area contributed by atoms with Crippen molar-refractivity contribution < 1.29 is 19.1 Å². The van der Waals surface area contributed by atoms with E-state index >= 15 is 0 Å². The van der Waals surface area contributed by atoms with Gasteiger partial charge < -0.3 is 14.4 Å².